The molecule has 2 aromatic carbocycles. The number of allylic oxidation sites excluding steroid dienone is 1. The number of hydrogen-bond donors (Lipinski definition) is 1. The van der Waals surface area contributed by atoms with Crippen LogP contribution in [0.4, 0.5) is 0 Å². The van der Waals surface area contributed by atoms with Crippen LogP contribution in [-0.2, 0) is 10.1 Å². The first-order valence-corrected chi connectivity index (χ1v) is 8.38. The van der Waals surface area contributed by atoms with Crippen molar-refractivity contribution in [3.8, 4) is 11.1 Å². The van der Waals surface area contributed by atoms with Gasteiger partial charge in [-0.1, -0.05) is 60.2 Å². The standard InChI is InChI=1S/C17H16O3S/c1-12-10-16-14(13-6-3-2-4-7-13)8-5-9-15(16)17(12)11-21(18,19)20/h2-10,17H,11H2,1H3,(H,18,19,20). The fourth-order valence-corrected chi connectivity index (χ4v) is 3.79. The molecule has 108 valence electrons. The van der Waals surface area contributed by atoms with Crippen LogP contribution in [0.5, 0.6) is 0 Å². The zero-order valence-electron chi connectivity index (χ0n) is 11.7. The van der Waals surface area contributed by atoms with Gasteiger partial charge in [-0.05, 0) is 29.2 Å². The lowest BCUT2D eigenvalue weighted by Crippen LogP contribution is -2.13. The molecule has 0 aliphatic heterocycles. The lowest BCUT2D eigenvalue weighted by Gasteiger charge is -2.14. The van der Waals surface area contributed by atoms with Gasteiger partial charge in [-0.25, -0.2) is 0 Å². The van der Waals surface area contributed by atoms with Crippen molar-refractivity contribution < 1.29 is 13.0 Å². The summed E-state index contributed by atoms with van der Waals surface area (Å²) in [6.45, 7) is 1.91. The molecule has 2 aromatic rings. The molecule has 3 rings (SSSR count). The average molecular weight is 300 g/mol. The summed E-state index contributed by atoms with van der Waals surface area (Å²) >= 11 is 0. The second-order valence-electron chi connectivity index (χ2n) is 5.36. The fourth-order valence-electron chi connectivity index (χ4n) is 2.92. The minimum absolute atomic E-state index is 0.263. The molecule has 0 fully saturated rings. The third-order valence-corrected chi connectivity index (χ3v) is 4.65. The van der Waals surface area contributed by atoms with Gasteiger partial charge in [0.05, 0.1) is 5.75 Å². The highest BCUT2D eigenvalue weighted by Gasteiger charge is 2.28. The highest BCUT2D eigenvalue weighted by Crippen LogP contribution is 2.41. The van der Waals surface area contributed by atoms with Crippen molar-refractivity contribution >= 4 is 16.2 Å². The quantitative estimate of drug-likeness (QED) is 0.878. The Balaban J connectivity index is 2.11. The summed E-state index contributed by atoms with van der Waals surface area (Å²) in [6.07, 6.45) is 2.02. The summed E-state index contributed by atoms with van der Waals surface area (Å²) in [5.41, 5.74) is 5.17. The van der Waals surface area contributed by atoms with Gasteiger partial charge in [-0.2, -0.15) is 8.42 Å². The molecule has 1 atom stereocenters. The van der Waals surface area contributed by atoms with Gasteiger partial charge in [-0.3, -0.25) is 4.55 Å². The highest BCUT2D eigenvalue weighted by atomic mass is 32.2. The highest BCUT2D eigenvalue weighted by molar-refractivity contribution is 7.85. The molecule has 4 heteroatoms. The predicted molar refractivity (Wildman–Crippen MR) is 84.7 cm³/mol. The minimum Gasteiger partial charge on any atom is -0.286 e. The summed E-state index contributed by atoms with van der Waals surface area (Å²) < 4.78 is 31.6. The smallest absolute Gasteiger partial charge is 0.265 e. The van der Waals surface area contributed by atoms with Crippen molar-refractivity contribution in [2.75, 3.05) is 5.75 Å². The lowest BCUT2D eigenvalue weighted by atomic mass is 9.93. The molecular formula is C17H16O3S. The lowest BCUT2D eigenvalue weighted by molar-refractivity contribution is 0.480. The Morgan fingerprint density at radius 2 is 1.76 bits per heavy atom. The van der Waals surface area contributed by atoms with Crippen LogP contribution in [0.25, 0.3) is 17.2 Å². The maximum Gasteiger partial charge on any atom is 0.265 e. The summed E-state index contributed by atoms with van der Waals surface area (Å²) in [4.78, 5) is 0. The second-order valence-corrected chi connectivity index (χ2v) is 6.86. The normalized spacial score (nSPS) is 17.4. The van der Waals surface area contributed by atoms with Crippen molar-refractivity contribution in [1.82, 2.24) is 0 Å². The summed E-state index contributed by atoms with van der Waals surface area (Å²) in [5.74, 6) is -0.528. The van der Waals surface area contributed by atoms with Crippen LogP contribution < -0.4 is 0 Å². The van der Waals surface area contributed by atoms with Crippen molar-refractivity contribution in [2.24, 2.45) is 0 Å². The Morgan fingerprint density at radius 3 is 2.43 bits per heavy atom. The van der Waals surface area contributed by atoms with Crippen LogP contribution in [0.3, 0.4) is 0 Å². The van der Waals surface area contributed by atoms with E-state index in [9.17, 15) is 8.42 Å². The van der Waals surface area contributed by atoms with E-state index in [1.54, 1.807) is 0 Å². The third kappa shape index (κ3) is 2.77. The van der Waals surface area contributed by atoms with E-state index in [0.29, 0.717) is 0 Å². The molecule has 0 heterocycles. The zero-order valence-corrected chi connectivity index (χ0v) is 12.5. The van der Waals surface area contributed by atoms with Crippen LogP contribution in [-0.4, -0.2) is 18.7 Å². The van der Waals surface area contributed by atoms with Crippen molar-refractivity contribution in [3.63, 3.8) is 0 Å². The Bertz CT molecular complexity index is 805. The summed E-state index contributed by atoms with van der Waals surface area (Å²) in [7, 11) is -4.00. The van der Waals surface area contributed by atoms with E-state index < -0.39 is 10.1 Å². The first-order chi connectivity index (χ1) is 9.96. The Kier molecular flexibility index (Phi) is 3.43. The first-order valence-electron chi connectivity index (χ1n) is 6.77. The van der Waals surface area contributed by atoms with E-state index in [2.05, 4.69) is 0 Å². The van der Waals surface area contributed by atoms with Gasteiger partial charge >= 0.3 is 0 Å². The fraction of sp³-hybridized carbons (Fsp3) is 0.176. The molecule has 0 saturated heterocycles. The van der Waals surface area contributed by atoms with Crippen molar-refractivity contribution in [3.05, 3.63) is 65.2 Å². The molecule has 0 spiro atoms. The van der Waals surface area contributed by atoms with Gasteiger partial charge in [-0.15, -0.1) is 0 Å². The van der Waals surface area contributed by atoms with E-state index >= 15 is 0 Å². The molecule has 1 aliphatic rings. The van der Waals surface area contributed by atoms with Crippen LogP contribution in [0.1, 0.15) is 24.0 Å². The molecule has 0 amide bonds. The van der Waals surface area contributed by atoms with Crippen molar-refractivity contribution in [1.29, 1.82) is 0 Å². The molecule has 0 saturated carbocycles. The topological polar surface area (TPSA) is 54.4 Å². The molecule has 21 heavy (non-hydrogen) atoms. The van der Waals surface area contributed by atoms with Gasteiger partial charge in [0.1, 0.15) is 0 Å². The number of benzene rings is 2. The molecule has 0 bridgehead atoms. The molecular weight excluding hydrogens is 284 g/mol. The Morgan fingerprint density at radius 1 is 1.05 bits per heavy atom. The molecule has 1 N–H and O–H groups in total. The molecule has 1 unspecified atom stereocenters. The van der Waals surface area contributed by atoms with Crippen LogP contribution in [0.15, 0.2) is 54.1 Å². The van der Waals surface area contributed by atoms with Crippen LogP contribution in [0, 0.1) is 0 Å². The number of rotatable bonds is 3. The third-order valence-electron chi connectivity index (χ3n) is 3.90. The van der Waals surface area contributed by atoms with Gasteiger partial charge in [0.15, 0.2) is 0 Å². The maximum absolute atomic E-state index is 11.2. The molecule has 0 radical (unpaired) electrons. The molecule has 0 aromatic heterocycles. The Hall–Kier alpha value is -1.91. The maximum atomic E-state index is 11.2. The minimum atomic E-state index is -4.00. The number of hydrogen-bond acceptors (Lipinski definition) is 2. The molecule has 3 nitrogen and oxygen atoms in total. The SMILES string of the molecule is CC1=Cc2c(-c3ccccc3)cccc2C1CS(=O)(=O)O. The first kappa shape index (κ1) is 14.0. The number of fused-ring (bicyclic) bond motifs is 1. The van der Waals surface area contributed by atoms with Gasteiger partial charge in [0.2, 0.25) is 0 Å². The van der Waals surface area contributed by atoms with E-state index in [1.807, 2.05) is 61.5 Å². The van der Waals surface area contributed by atoms with Gasteiger partial charge in [0.25, 0.3) is 10.1 Å². The van der Waals surface area contributed by atoms with Gasteiger partial charge in [0, 0.05) is 5.92 Å². The Labute approximate surface area is 124 Å². The zero-order chi connectivity index (χ0) is 15.0. The second kappa shape index (κ2) is 5.13. The van der Waals surface area contributed by atoms with E-state index in [1.165, 1.54) is 0 Å². The largest absolute Gasteiger partial charge is 0.286 e. The van der Waals surface area contributed by atoms with E-state index in [4.69, 9.17) is 4.55 Å². The van der Waals surface area contributed by atoms with Gasteiger partial charge < -0.3 is 0 Å². The monoisotopic (exact) mass is 300 g/mol. The summed E-state index contributed by atoms with van der Waals surface area (Å²) in [6, 6.07) is 15.9. The average Bonchev–Trinajstić information content (AvgIpc) is 2.74. The van der Waals surface area contributed by atoms with E-state index in [0.717, 1.165) is 27.8 Å². The predicted octanol–water partition coefficient (Wildman–Crippen LogP) is 3.74. The van der Waals surface area contributed by atoms with E-state index in [-0.39, 0.29) is 11.7 Å². The summed E-state index contributed by atoms with van der Waals surface area (Å²) in [5, 5.41) is 0. The van der Waals surface area contributed by atoms with Crippen molar-refractivity contribution in [2.45, 2.75) is 12.8 Å². The van der Waals surface area contributed by atoms with Crippen LogP contribution >= 0.6 is 0 Å². The molecule has 1 aliphatic carbocycles. The van der Waals surface area contributed by atoms with Crippen LogP contribution in [0.2, 0.25) is 0 Å².